The number of hydrogen-bond acceptors (Lipinski definition) is 6. The topological polar surface area (TPSA) is 84.9 Å². The minimum Gasteiger partial charge on any atom is -0.308 e. The van der Waals surface area contributed by atoms with Crippen LogP contribution in [0, 0.1) is 0 Å². The Morgan fingerprint density at radius 1 is 1.44 bits per heavy atom. The second-order valence-corrected chi connectivity index (χ2v) is 6.30. The van der Waals surface area contributed by atoms with Crippen molar-refractivity contribution >= 4 is 31.3 Å². The van der Waals surface area contributed by atoms with Gasteiger partial charge >= 0.3 is 7.60 Å². The summed E-state index contributed by atoms with van der Waals surface area (Å²) >= 11 is 1.84. The predicted molar refractivity (Wildman–Crippen MR) is 67.3 cm³/mol. The van der Waals surface area contributed by atoms with Crippen LogP contribution in [-0.2, 0) is 24.7 Å². The van der Waals surface area contributed by atoms with E-state index in [0.29, 0.717) is 0 Å². The molecule has 0 aromatic carbocycles. The van der Waals surface area contributed by atoms with Crippen LogP contribution in [0.1, 0.15) is 13.8 Å². The number of nitrogens with one attached hydrogen (secondary N) is 1. The van der Waals surface area contributed by atoms with Crippen LogP contribution in [0.15, 0.2) is 0 Å². The first kappa shape index (κ1) is 16.6. The van der Waals surface area contributed by atoms with E-state index in [9.17, 15) is 8.77 Å². The highest BCUT2D eigenvalue weighted by atomic mass is 32.2. The SMILES string of the molecule is CCOP(=O)(CN[C@@H](CS)S(=O)O)OCC. The average Bonchev–Trinajstić information content (AvgIpc) is 2.18. The van der Waals surface area contributed by atoms with E-state index in [4.69, 9.17) is 13.6 Å². The second kappa shape index (κ2) is 8.63. The van der Waals surface area contributed by atoms with Crippen LogP contribution >= 0.6 is 20.2 Å². The van der Waals surface area contributed by atoms with Crippen molar-refractivity contribution < 1.29 is 22.4 Å². The van der Waals surface area contributed by atoms with Crippen molar-refractivity contribution in [1.82, 2.24) is 5.32 Å². The molecule has 0 aliphatic heterocycles. The third-order valence-corrected chi connectivity index (χ3v) is 4.88. The van der Waals surface area contributed by atoms with Crippen molar-refractivity contribution in [2.24, 2.45) is 0 Å². The second-order valence-electron chi connectivity index (χ2n) is 2.76. The van der Waals surface area contributed by atoms with Gasteiger partial charge in [-0.3, -0.25) is 9.88 Å². The lowest BCUT2D eigenvalue weighted by molar-refractivity contribution is 0.218. The molecule has 0 fully saturated rings. The molecule has 98 valence electrons. The number of rotatable bonds is 9. The van der Waals surface area contributed by atoms with Gasteiger partial charge in [0.2, 0.25) is 0 Å². The first-order chi connectivity index (χ1) is 7.49. The van der Waals surface area contributed by atoms with Gasteiger partial charge in [0.25, 0.3) is 0 Å². The molecule has 0 aliphatic rings. The van der Waals surface area contributed by atoms with E-state index in [1.165, 1.54) is 0 Å². The van der Waals surface area contributed by atoms with Crippen molar-refractivity contribution in [3.63, 3.8) is 0 Å². The predicted octanol–water partition coefficient (Wildman–Crippen LogP) is 1.28. The van der Waals surface area contributed by atoms with E-state index < -0.39 is 24.1 Å². The minimum atomic E-state index is -3.22. The fourth-order valence-electron chi connectivity index (χ4n) is 0.935. The normalized spacial score (nSPS) is 16.0. The molecule has 0 amide bonds. The van der Waals surface area contributed by atoms with Gasteiger partial charge in [0.1, 0.15) is 11.7 Å². The zero-order chi connectivity index (χ0) is 12.6. The Morgan fingerprint density at radius 2 is 1.94 bits per heavy atom. The molecule has 0 spiro atoms. The maximum atomic E-state index is 11.9. The Morgan fingerprint density at radius 3 is 2.25 bits per heavy atom. The Kier molecular flexibility index (Phi) is 8.94. The van der Waals surface area contributed by atoms with Crippen molar-refractivity contribution in [2.45, 2.75) is 19.2 Å². The Balaban J connectivity index is 4.30. The van der Waals surface area contributed by atoms with E-state index in [1.54, 1.807) is 13.8 Å². The minimum absolute atomic E-state index is 0.105. The first-order valence-corrected chi connectivity index (χ1v) is 8.34. The molecule has 6 nitrogen and oxygen atoms in total. The fraction of sp³-hybridized carbons (Fsp3) is 1.00. The summed E-state index contributed by atoms with van der Waals surface area (Å²) in [6, 6.07) is 0. The smallest absolute Gasteiger partial charge is 0.308 e. The highest BCUT2D eigenvalue weighted by molar-refractivity contribution is 7.84. The summed E-state index contributed by atoms with van der Waals surface area (Å²) in [4.78, 5) is 0. The lowest BCUT2D eigenvalue weighted by Gasteiger charge is -2.19. The number of hydrogen-bond donors (Lipinski definition) is 3. The summed E-state index contributed by atoms with van der Waals surface area (Å²) in [7, 11) is -3.22. The van der Waals surface area contributed by atoms with Gasteiger partial charge in [-0.25, -0.2) is 4.21 Å². The maximum absolute atomic E-state index is 11.9. The molecule has 0 aromatic heterocycles. The van der Waals surface area contributed by atoms with Crippen molar-refractivity contribution in [2.75, 3.05) is 25.3 Å². The molecule has 0 bridgehead atoms. The molecule has 2 N–H and O–H groups in total. The summed E-state index contributed by atoms with van der Waals surface area (Å²) in [5.41, 5.74) is 0. The molecule has 16 heavy (non-hydrogen) atoms. The molecule has 0 aliphatic carbocycles. The van der Waals surface area contributed by atoms with Gasteiger partial charge in [0.05, 0.1) is 13.2 Å². The highest BCUT2D eigenvalue weighted by Gasteiger charge is 2.25. The quantitative estimate of drug-likeness (QED) is 0.337. The van der Waals surface area contributed by atoms with Gasteiger partial charge < -0.3 is 13.6 Å². The summed E-state index contributed by atoms with van der Waals surface area (Å²) < 4.78 is 41.6. The Bertz CT molecular complexity index is 255. The molecular formula is C7H18NO5PS2. The van der Waals surface area contributed by atoms with E-state index >= 15 is 0 Å². The van der Waals surface area contributed by atoms with Gasteiger partial charge in [-0.1, -0.05) is 0 Å². The molecule has 0 saturated carbocycles. The zero-order valence-corrected chi connectivity index (χ0v) is 11.9. The van der Waals surface area contributed by atoms with Crippen LogP contribution in [0.25, 0.3) is 0 Å². The third kappa shape index (κ3) is 6.34. The standard InChI is InChI=1S/C7H18NO5PS2/c1-3-12-14(9,13-4-2)6-8-7(5-15)16(10)11/h7-8,15H,3-6H2,1-2H3,(H,10,11)/t7-/m1/s1. The van der Waals surface area contributed by atoms with E-state index in [1.807, 2.05) is 0 Å². The molecule has 0 aromatic rings. The molecular weight excluding hydrogens is 273 g/mol. The van der Waals surface area contributed by atoms with E-state index in [2.05, 4.69) is 17.9 Å². The van der Waals surface area contributed by atoms with E-state index in [0.717, 1.165) is 0 Å². The van der Waals surface area contributed by atoms with Gasteiger partial charge in [-0.15, -0.1) is 0 Å². The van der Waals surface area contributed by atoms with Crippen molar-refractivity contribution in [3.8, 4) is 0 Å². The van der Waals surface area contributed by atoms with Crippen molar-refractivity contribution in [3.05, 3.63) is 0 Å². The fourth-order valence-corrected chi connectivity index (χ4v) is 3.41. The maximum Gasteiger partial charge on any atom is 0.344 e. The van der Waals surface area contributed by atoms with Gasteiger partial charge in [-0.05, 0) is 13.8 Å². The largest absolute Gasteiger partial charge is 0.344 e. The van der Waals surface area contributed by atoms with Gasteiger partial charge in [-0.2, -0.15) is 12.6 Å². The molecule has 0 heterocycles. The molecule has 0 saturated heterocycles. The van der Waals surface area contributed by atoms with Gasteiger partial charge in [0, 0.05) is 5.75 Å². The summed E-state index contributed by atoms with van der Waals surface area (Å²) in [5, 5.41) is 1.89. The molecule has 0 rings (SSSR count). The lowest BCUT2D eigenvalue weighted by atomic mass is 10.7. The first-order valence-electron chi connectivity index (χ1n) is 4.81. The molecule has 0 radical (unpaired) electrons. The van der Waals surface area contributed by atoms with Crippen LogP contribution in [-0.4, -0.2) is 39.4 Å². The lowest BCUT2D eigenvalue weighted by Crippen LogP contribution is -2.35. The van der Waals surface area contributed by atoms with Crippen LogP contribution in [0.2, 0.25) is 0 Å². The van der Waals surface area contributed by atoms with Crippen LogP contribution in [0.3, 0.4) is 0 Å². The molecule has 1 unspecified atom stereocenters. The monoisotopic (exact) mass is 291 g/mol. The highest BCUT2D eigenvalue weighted by Crippen LogP contribution is 2.46. The van der Waals surface area contributed by atoms with Crippen LogP contribution in [0.5, 0.6) is 0 Å². The van der Waals surface area contributed by atoms with Crippen molar-refractivity contribution in [1.29, 1.82) is 0 Å². The summed E-state index contributed by atoms with van der Waals surface area (Å²) in [6.07, 6.45) is -0.105. The third-order valence-electron chi connectivity index (χ3n) is 1.57. The molecule has 2 atom stereocenters. The Labute approximate surface area is 104 Å². The van der Waals surface area contributed by atoms with Crippen LogP contribution in [0.4, 0.5) is 0 Å². The number of thiol groups is 1. The van der Waals surface area contributed by atoms with E-state index in [-0.39, 0.29) is 25.3 Å². The van der Waals surface area contributed by atoms with Crippen LogP contribution < -0.4 is 5.32 Å². The Hall–Kier alpha value is 0.570. The average molecular weight is 291 g/mol. The summed E-state index contributed by atoms with van der Waals surface area (Å²) in [6.45, 7) is 3.91. The van der Waals surface area contributed by atoms with Gasteiger partial charge in [0.15, 0.2) is 11.1 Å². The zero-order valence-electron chi connectivity index (χ0n) is 9.29. The molecule has 9 heteroatoms. The summed E-state index contributed by atoms with van der Waals surface area (Å²) in [5.74, 6) is 0.154.